The van der Waals surface area contributed by atoms with Crippen LogP contribution < -0.4 is 14.8 Å². The summed E-state index contributed by atoms with van der Waals surface area (Å²) in [6.45, 7) is 2.42. The van der Waals surface area contributed by atoms with Gasteiger partial charge in [0.2, 0.25) is 0 Å². The van der Waals surface area contributed by atoms with E-state index in [9.17, 15) is 4.79 Å². The second-order valence-corrected chi connectivity index (χ2v) is 6.16. The van der Waals surface area contributed by atoms with E-state index in [1.54, 1.807) is 18.2 Å². The topological polar surface area (TPSA) is 69.2 Å². The summed E-state index contributed by atoms with van der Waals surface area (Å²) in [5.74, 6) is 0.649. The summed E-state index contributed by atoms with van der Waals surface area (Å²) in [5, 5.41) is 7.48. The Balaban J connectivity index is 1.85. The van der Waals surface area contributed by atoms with Crippen molar-refractivity contribution in [3.63, 3.8) is 0 Å². The predicted molar refractivity (Wildman–Crippen MR) is 106 cm³/mol. The van der Waals surface area contributed by atoms with E-state index in [1.165, 1.54) is 13.3 Å². The number of rotatable bonds is 9. The Kier molecular flexibility index (Phi) is 8.23. The van der Waals surface area contributed by atoms with Gasteiger partial charge in [0, 0.05) is 17.1 Å². The Morgan fingerprint density at radius 1 is 1.22 bits per heavy atom. The van der Waals surface area contributed by atoms with E-state index in [1.807, 2.05) is 25.1 Å². The molecule has 0 radical (unpaired) electrons. The molecule has 8 heteroatoms. The summed E-state index contributed by atoms with van der Waals surface area (Å²) in [4.78, 5) is 16.8. The highest BCUT2D eigenvalue weighted by molar-refractivity contribution is 6.32. The summed E-state index contributed by atoms with van der Waals surface area (Å²) >= 11 is 12.2. The highest BCUT2D eigenvalue weighted by atomic mass is 35.5. The van der Waals surface area contributed by atoms with Gasteiger partial charge in [0.15, 0.2) is 18.1 Å². The van der Waals surface area contributed by atoms with Crippen LogP contribution in [0.25, 0.3) is 0 Å². The van der Waals surface area contributed by atoms with Crippen molar-refractivity contribution in [1.82, 2.24) is 5.32 Å². The average Bonchev–Trinajstić information content (AvgIpc) is 2.66. The summed E-state index contributed by atoms with van der Waals surface area (Å²) in [7, 11) is 1.52. The molecule has 6 nitrogen and oxygen atoms in total. The van der Waals surface area contributed by atoms with Gasteiger partial charge in [-0.15, -0.1) is 0 Å². The van der Waals surface area contributed by atoms with Gasteiger partial charge in [-0.05, 0) is 30.7 Å². The number of benzene rings is 2. The lowest BCUT2D eigenvalue weighted by atomic mass is 10.2. The number of nitrogens with zero attached hydrogens (tertiary/aromatic N) is 1. The molecule has 2 aromatic rings. The molecular formula is C19H20Cl2N2O4. The van der Waals surface area contributed by atoms with E-state index in [-0.39, 0.29) is 12.5 Å². The number of carbonyl (C=O) groups excluding carboxylic acids is 1. The van der Waals surface area contributed by atoms with Crippen molar-refractivity contribution in [2.75, 3.05) is 20.3 Å². The molecule has 0 fully saturated rings. The first-order chi connectivity index (χ1) is 13.0. The Hall–Kier alpha value is -2.44. The highest BCUT2D eigenvalue weighted by Crippen LogP contribution is 2.35. The number of hydrogen-bond donors (Lipinski definition) is 1. The zero-order valence-corrected chi connectivity index (χ0v) is 16.5. The number of amides is 1. The van der Waals surface area contributed by atoms with Crippen LogP contribution in [-0.4, -0.2) is 32.4 Å². The van der Waals surface area contributed by atoms with Gasteiger partial charge in [0.05, 0.1) is 25.0 Å². The van der Waals surface area contributed by atoms with Crippen LogP contribution in [0.15, 0.2) is 41.6 Å². The zero-order chi connectivity index (χ0) is 19.6. The van der Waals surface area contributed by atoms with Crippen molar-refractivity contribution in [2.45, 2.75) is 13.5 Å². The maximum absolute atomic E-state index is 11.8. The van der Waals surface area contributed by atoms with Gasteiger partial charge in [-0.2, -0.15) is 0 Å². The van der Waals surface area contributed by atoms with Crippen molar-refractivity contribution in [2.24, 2.45) is 5.16 Å². The second-order valence-electron chi connectivity index (χ2n) is 5.34. The standard InChI is InChI=1S/C19H20Cl2N2O4/c1-3-26-19-16(21)8-13(9-17(19)25-2)10-23-27-12-18(24)22-11-14-6-4-5-7-15(14)20/h4-10H,3,11-12H2,1-2H3,(H,22,24)/b23-10-. The molecule has 27 heavy (non-hydrogen) atoms. The third-order valence-corrected chi connectivity index (χ3v) is 4.10. The number of halogens is 2. The van der Waals surface area contributed by atoms with Crippen LogP contribution in [-0.2, 0) is 16.2 Å². The molecule has 1 N–H and O–H groups in total. The highest BCUT2D eigenvalue weighted by Gasteiger charge is 2.11. The quantitative estimate of drug-likeness (QED) is 0.499. The first kappa shape index (κ1) is 20.9. The Morgan fingerprint density at radius 2 is 2.00 bits per heavy atom. The lowest BCUT2D eigenvalue weighted by molar-refractivity contribution is -0.125. The number of nitrogens with one attached hydrogen (secondary N) is 1. The van der Waals surface area contributed by atoms with Crippen LogP contribution in [0.5, 0.6) is 11.5 Å². The normalized spacial score (nSPS) is 10.7. The number of oxime groups is 1. The second kappa shape index (κ2) is 10.6. The summed E-state index contributed by atoms with van der Waals surface area (Å²) in [6, 6.07) is 10.7. The van der Waals surface area contributed by atoms with E-state index in [0.717, 1.165) is 5.56 Å². The van der Waals surface area contributed by atoms with Crippen molar-refractivity contribution < 1.29 is 19.1 Å². The number of ether oxygens (including phenoxy) is 2. The largest absolute Gasteiger partial charge is 0.493 e. The van der Waals surface area contributed by atoms with Gasteiger partial charge in [-0.3, -0.25) is 4.79 Å². The van der Waals surface area contributed by atoms with Gasteiger partial charge < -0.3 is 19.6 Å². The summed E-state index contributed by atoms with van der Waals surface area (Å²) in [5.41, 5.74) is 1.48. The van der Waals surface area contributed by atoms with Crippen molar-refractivity contribution in [3.05, 3.63) is 57.6 Å². The Labute approximate surface area is 168 Å². The van der Waals surface area contributed by atoms with E-state index >= 15 is 0 Å². The molecule has 1 amide bonds. The molecule has 144 valence electrons. The zero-order valence-electron chi connectivity index (χ0n) is 15.0. The van der Waals surface area contributed by atoms with Gasteiger partial charge >= 0.3 is 0 Å². The van der Waals surface area contributed by atoms with Gasteiger partial charge in [-0.25, -0.2) is 0 Å². The number of hydrogen-bond acceptors (Lipinski definition) is 5. The predicted octanol–water partition coefficient (Wildman–Crippen LogP) is 4.07. The van der Waals surface area contributed by atoms with Crippen molar-refractivity contribution >= 4 is 35.3 Å². The van der Waals surface area contributed by atoms with Crippen LogP contribution in [0.4, 0.5) is 0 Å². The molecule has 2 aromatic carbocycles. The minimum Gasteiger partial charge on any atom is -0.493 e. The monoisotopic (exact) mass is 410 g/mol. The minimum absolute atomic E-state index is 0.219. The van der Waals surface area contributed by atoms with Gasteiger partial charge in [-0.1, -0.05) is 46.6 Å². The fourth-order valence-corrected chi connectivity index (χ4v) is 2.66. The molecule has 0 aliphatic carbocycles. The maximum Gasteiger partial charge on any atom is 0.261 e. The van der Waals surface area contributed by atoms with Crippen molar-refractivity contribution in [3.8, 4) is 11.5 Å². The number of methoxy groups -OCH3 is 1. The summed E-state index contributed by atoms with van der Waals surface area (Å²) < 4.78 is 10.7. The molecule has 0 heterocycles. The Morgan fingerprint density at radius 3 is 2.70 bits per heavy atom. The van der Waals surface area contributed by atoms with Crippen molar-refractivity contribution in [1.29, 1.82) is 0 Å². The molecule has 0 unspecified atom stereocenters. The lowest BCUT2D eigenvalue weighted by Crippen LogP contribution is -2.26. The Bertz CT molecular complexity index is 812. The molecule has 0 aliphatic heterocycles. The van der Waals surface area contributed by atoms with E-state index < -0.39 is 0 Å². The van der Waals surface area contributed by atoms with Crippen LogP contribution in [0.1, 0.15) is 18.1 Å². The molecule has 0 atom stereocenters. The fourth-order valence-electron chi connectivity index (χ4n) is 2.18. The molecular weight excluding hydrogens is 391 g/mol. The molecule has 0 saturated carbocycles. The molecule has 0 aliphatic rings. The third kappa shape index (κ3) is 6.34. The first-order valence-corrected chi connectivity index (χ1v) is 8.96. The smallest absolute Gasteiger partial charge is 0.261 e. The van der Waals surface area contributed by atoms with Gasteiger partial charge in [0.1, 0.15) is 0 Å². The molecule has 0 spiro atoms. The van der Waals surface area contributed by atoms with Gasteiger partial charge in [0.25, 0.3) is 5.91 Å². The molecule has 0 aromatic heterocycles. The fraction of sp³-hybridized carbons (Fsp3) is 0.263. The molecule has 0 saturated heterocycles. The first-order valence-electron chi connectivity index (χ1n) is 8.21. The van der Waals surface area contributed by atoms with Crippen LogP contribution in [0, 0.1) is 0 Å². The lowest BCUT2D eigenvalue weighted by Gasteiger charge is -2.11. The molecule has 0 bridgehead atoms. The average molecular weight is 411 g/mol. The molecule has 2 rings (SSSR count). The van der Waals surface area contributed by atoms with Crippen LogP contribution in [0.3, 0.4) is 0 Å². The van der Waals surface area contributed by atoms with E-state index in [4.69, 9.17) is 37.5 Å². The van der Waals surface area contributed by atoms with E-state index in [2.05, 4.69) is 10.5 Å². The summed E-state index contributed by atoms with van der Waals surface area (Å²) in [6.07, 6.45) is 1.44. The van der Waals surface area contributed by atoms with E-state index in [0.29, 0.717) is 40.3 Å². The number of carbonyl (C=O) groups is 1. The SMILES string of the molecule is CCOc1c(Cl)cc(/C=N\OCC(=O)NCc2ccccc2Cl)cc1OC. The minimum atomic E-state index is -0.311. The van der Waals surface area contributed by atoms with Crippen LogP contribution in [0.2, 0.25) is 10.0 Å². The van der Waals surface area contributed by atoms with Crippen LogP contribution >= 0.6 is 23.2 Å². The maximum atomic E-state index is 11.8. The third-order valence-electron chi connectivity index (χ3n) is 3.45.